The van der Waals surface area contributed by atoms with Crippen LogP contribution in [0.2, 0.25) is 0 Å². The van der Waals surface area contributed by atoms with E-state index in [1.165, 1.54) is 24.8 Å². The first-order chi connectivity index (χ1) is 6.93. The maximum atomic E-state index is 2.23. The monoisotopic (exact) mass is 186 g/mol. The summed E-state index contributed by atoms with van der Waals surface area (Å²) in [5, 5.41) is 0. The van der Waals surface area contributed by atoms with E-state index in [0.717, 1.165) is 0 Å². The van der Waals surface area contributed by atoms with Gasteiger partial charge < -0.3 is 0 Å². The summed E-state index contributed by atoms with van der Waals surface area (Å²) in [6, 6.07) is 10.4. The lowest BCUT2D eigenvalue weighted by Crippen LogP contribution is -1.67. The normalized spacial score (nSPS) is 11.5. The maximum Gasteiger partial charge on any atom is -0.0257 e. The Kier molecular flexibility index (Phi) is 5.49. The van der Waals surface area contributed by atoms with E-state index in [4.69, 9.17) is 0 Å². The molecule has 0 saturated heterocycles. The van der Waals surface area contributed by atoms with Crippen LogP contribution >= 0.6 is 0 Å². The Balaban J connectivity index is 2.31. The molecule has 0 heteroatoms. The quantitative estimate of drug-likeness (QED) is 0.471. The van der Waals surface area contributed by atoms with Gasteiger partial charge in [0.05, 0.1) is 0 Å². The zero-order valence-electron chi connectivity index (χ0n) is 8.82. The van der Waals surface area contributed by atoms with Crippen molar-refractivity contribution < 1.29 is 0 Å². The minimum atomic E-state index is 1.19. The Morgan fingerprint density at radius 1 is 1.07 bits per heavy atom. The molecule has 0 spiro atoms. The molecular formula is C14H18. The molecule has 0 unspecified atom stereocenters. The Labute approximate surface area is 87.0 Å². The first-order valence-corrected chi connectivity index (χ1v) is 5.31. The van der Waals surface area contributed by atoms with Gasteiger partial charge in [-0.25, -0.2) is 0 Å². The molecular weight excluding hydrogens is 168 g/mol. The van der Waals surface area contributed by atoms with Crippen LogP contribution in [0.25, 0.3) is 6.08 Å². The van der Waals surface area contributed by atoms with Crippen molar-refractivity contribution in [1.29, 1.82) is 0 Å². The summed E-state index contributed by atoms with van der Waals surface area (Å²) in [5.74, 6) is 0. The van der Waals surface area contributed by atoms with E-state index < -0.39 is 0 Å². The van der Waals surface area contributed by atoms with Gasteiger partial charge in [-0.15, -0.1) is 0 Å². The number of benzene rings is 1. The predicted molar refractivity (Wildman–Crippen MR) is 64.1 cm³/mol. The minimum Gasteiger partial charge on any atom is -0.0845 e. The van der Waals surface area contributed by atoms with Gasteiger partial charge >= 0.3 is 0 Å². The molecule has 14 heavy (non-hydrogen) atoms. The summed E-state index contributed by atoms with van der Waals surface area (Å²) in [6.07, 6.45) is 12.3. The highest BCUT2D eigenvalue weighted by Gasteiger charge is 1.80. The SMILES string of the molecule is CCCC/C=C\C=C\c1ccccc1. The highest BCUT2D eigenvalue weighted by molar-refractivity contribution is 5.50. The molecule has 0 N–H and O–H groups in total. The minimum absolute atomic E-state index is 1.19. The number of hydrogen-bond donors (Lipinski definition) is 0. The van der Waals surface area contributed by atoms with Gasteiger partial charge in [-0.1, -0.05) is 74.4 Å². The molecule has 74 valence electrons. The third-order valence-corrected chi connectivity index (χ3v) is 2.06. The highest BCUT2D eigenvalue weighted by Crippen LogP contribution is 2.01. The molecule has 1 aromatic rings. The average Bonchev–Trinajstić information content (AvgIpc) is 2.25. The average molecular weight is 186 g/mol. The van der Waals surface area contributed by atoms with Gasteiger partial charge in [-0.05, 0) is 12.0 Å². The summed E-state index contributed by atoms with van der Waals surface area (Å²) in [6.45, 7) is 2.22. The predicted octanol–water partition coefficient (Wildman–Crippen LogP) is 4.45. The second-order valence-electron chi connectivity index (χ2n) is 3.34. The van der Waals surface area contributed by atoms with Crippen molar-refractivity contribution in [2.75, 3.05) is 0 Å². The van der Waals surface area contributed by atoms with Gasteiger partial charge in [-0.2, -0.15) is 0 Å². The second kappa shape index (κ2) is 7.14. The van der Waals surface area contributed by atoms with Crippen LogP contribution in [0.1, 0.15) is 31.7 Å². The van der Waals surface area contributed by atoms with Gasteiger partial charge in [0.1, 0.15) is 0 Å². The largest absolute Gasteiger partial charge is 0.0845 e. The Morgan fingerprint density at radius 2 is 1.86 bits per heavy atom. The molecule has 0 fully saturated rings. The molecule has 0 heterocycles. The Hall–Kier alpha value is -1.30. The van der Waals surface area contributed by atoms with Crippen LogP contribution in [0.15, 0.2) is 48.6 Å². The first kappa shape index (κ1) is 10.8. The summed E-state index contributed by atoms with van der Waals surface area (Å²) in [5.41, 5.74) is 1.26. The van der Waals surface area contributed by atoms with Crippen LogP contribution in [0, 0.1) is 0 Å². The Morgan fingerprint density at radius 3 is 2.57 bits per heavy atom. The van der Waals surface area contributed by atoms with Crippen LogP contribution in [0.5, 0.6) is 0 Å². The molecule has 0 atom stereocenters. The van der Waals surface area contributed by atoms with Gasteiger partial charge in [-0.3, -0.25) is 0 Å². The fourth-order valence-corrected chi connectivity index (χ4v) is 1.23. The summed E-state index contributed by atoms with van der Waals surface area (Å²) < 4.78 is 0. The van der Waals surface area contributed by atoms with E-state index in [-0.39, 0.29) is 0 Å². The second-order valence-corrected chi connectivity index (χ2v) is 3.34. The molecule has 0 radical (unpaired) electrons. The van der Waals surface area contributed by atoms with Crippen molar-refractivity contribution in [3.05, 3.63) is 54.1 Å². The lowest BCUT2D eigenvalue weighted by atomic mass is 10.2. The van der Waals surface area contributed by atoms with Crippen molar-refractivity contribution in [2.45, 2.75) is 26.2 Å². The Bertz CT molecular complexity index is 280. The van der Waals surface area contributed by atoms with Gasteiger partial charge in [0, 0.05) is 0 Å². The third kappa shape index (κ3) is 4.66. The topological polar surface area (TPSA) is 0 Å². The van der Waals surface area contributed by atoms with Crippen molar-refractivity contribution in [3.8, 4) is 0 Å². The van der Waals surface area contributed by atoms with E-state index >= 15 is 0 Å². The van der Waals surface area contributed by atoms with Crippen LogP contribution in [-0.2, 0) is 0 Å². The lowest BCUT2D eigenvalue weighted by molar-refractivity contribution is 0.815. The van der Waals surface area contributed by atoms with Crippen LogP contribution in [0.4, 0.5) is 0 Å². The van der Waals surface area contributed by atoms with E-state index in [1.54, 1.807) is 0 Å². The molecule has 0 aliphatic rings. The fraction of sp³-hybridized carbons (Fsp3) is 0.286. The van der Waals surface area contributed by atoms with Crippen LogP contribution < -0.4 is 0 Å². The molecule has 0 aromatic heterocycles. The molecule has 0 nitrogen and oxygen atoms in total. The van der Waals surface area contributed by atoms with Crippen molar-refractivity contribution in [2.24, 2.45) is 0 Å². The molecule has 0 saturated carbocycles. The van der Waals surface area contributed by atoms with Gasteiger partial charge in [0.25, 0.3) is 0 Å². The zero-order valence-corrected chi connectivity index (χ0v) is 8.82. The van der Waals surface area contributed by atoms with Gasteiger partial charge in [0.2, 0.25) is 0 Å². The standard InChI is InChI=1S/C14H18/c1-2-3-4-5-6-8-11-14-12-9-7-10-13-14/h5-13H,2-4H2,1H3/b6-5-,11-8+. The van der Waals surface area contributed by atoms with Crippen molar-refractivity contribution in [1.82, 2.24) is 0 Å². The summed E-state index contributed by atoms with van der Waals surface area (Å²) in [4.78, 5) is 0. The lowest BCUT2D eigenvalue weighted by Gasteiger charge is -1.89. The van der Waals surface area contributed by atoms with Crippen molar-refractivity contribution in [3.63, 3.8) is 0 Å². The molecule has 0 bridgehead atoms. The summed E-state index contributed by atoms with van der Waals surface area (Å²) >= 11 is 0. The van der Waals surface area contributed by atoms with Crippen molar-refractivity contribution >= 4 is 6.08 Å². The molecule has 0 aliphatic carbocycles. The molecule has 1 aromatic carbocycles. The zero-order chi connectivity index (χ0) is 10.1. The third-order valence-electron chi connectivity index (χ3n) is 2.06. The maximum absolute atomic E-state index is 2.23. The first-order valence-electron chi connectivity index (χ1n) is 5.31. The highest BCUT2D eigenvalue weighted by atomic mass is 13.9. The number of unbranched alkanes of at least 4 members (excludes halogenated alkanes) is 2. The molecule has 0 amide bonds. The van der Waals surface area contributed by atoms with E-state index in [0.29, 0.717) is 0 Å². The van der Waals surface area contributed by atoms with E-state index in [9.17, 15) is 0 Å². The van der Waals surface area contributed by atoms with E-state index in [2.05, 4.69) is 55.5 Å². The molecule has 0 aliphatic heterocycles. The van der Waals surface area contributed by atoms with E-state index in [1.807, 2.05) is 6.07 Å². The van der Waals surface area contributed by atoms with Crippen LogP contribution in [0.3, 0.4) is 0 Å². The molecule has 1 rings (SSSR count). The number of hydrogen-bond acceptors (Lipinski definition) is 0. The summed E-state index contributed by atoms with van der Waals surface area (Å²) in [7, 11) is 0. The number of allylic oxidation sites excluding steroid dienone is 3. The number of rotatable bonds is 5. The fourth-order valence-electron chi connectivity index (χ4n) is 1.23. The van der Waals surface area contributed by atoms with Crippen LogP contribution in [-0.4, -0.2) is 0 Å². The van der Waals surface area contributed by atoms with Gasteiger partial charge in [0.15, 0.2) is 0 Å². The smallest absolute Gasteiger partial charge is 0.0257 e.